The normalized spacial score (nSPS) is 11.9. The summed E-state index contributed by atoms with van der Waals surface area (Å²) in [7, 11) is 0. The van der Waals surface area contributed by atoms with Crippen molar-refractivity contribution in [3.63, 3.8) is 0 Å². The predicted molar refractivity (Wildman–Crippen MR) is 60.1 cm³/mol. The number of nitrogens with zero attached hydrogens (tertiary/aromatic N) is 1. The van der Waals surface area contributed by atoms with Crippen LogP contribution < -0.4 is 11.1 Å². The lowest BCUT2D eigenvalue weighted by Gasteiger charge is -2.08. The van der Waals surface area contributed by atoms with Crippen molar-refractivity contribution >= 4 is 17.3 Å². The summed E-state index contributed by atoms with van der Waals surface area (Å²) < 4.78 is 0. The van der Waals surface area contributed by atoms with E-state index in [-0.39, 0.29) is 11.4 Å². The third-order valence-corrected chi connectivity index (χ3v) is 2.02. The molecule has 1 atom stereocenters. The highest BCUT2D eigenvalue weighted by atomic mass is 16.6. The first-order valence-electron chi connectivity index (χ1n) is 4.73. The molecular weight excluding hydrogens is 210 g/mol. The van der Waals surface area contributed by atoms with Gasteiger partial charge in [0.05, 0.1) is 11.0 Å². The summed E-state index contributed by atoms with van der Waals surface area (Å²) in [6, 6.07) is 3.80. The molecule has 0 aliphatic heterocycles. The van der Waals surface area contributed by atoms with Crippen molar-refractivity contribution in [1.29, 1.82) is 0 Å². The number of nitro groups is 1. The molecular formula is C10H13N3O3. The second kappa shape index (κ2) is 4.71. The SMILES string of the molecule is Cc1ccc([N+](=O)[O-])c(NC(=O)[C@@H](C)N)c1. The molecule has 0 bridgehead atoms. The quantitative estimate of drug-likeness (QED) is 0.593. The lowest BCUT2D eigenvalue weighted by molar-refractivity contribution is -0.383. The molecule has 3 N–H and O–H groups in total. The topological polar surface area (TPSA) is 98.3 Å². The number of nitro benzene ring substituents is 1. The first kappa shape index (κ1) is 12.1. The molecule has 0 spiro atoms. The van der Waals surface area contributed by atoms with Crippen LogP contribution in [-0.4, -0.2) is 16.9 Å². The van der Waals surface area contributed by atoms with Crippen LogP contribution in [-0.2, 0) is 4.79 Å². The van der Waals surface area contributed by atoms with Crippen LogP contribution in [0, 0.1) is 17.0 Å². The van der Waals surface area contributed by atoms with Gasteiger partial charge >= 0.3 is 0 Å². The summed E-state index contributed by atoms with van der Waals surface area (Å²) in [5.41, 5.74) is 6.22. The Morgan fingerprint density at radius 1 is 1.56 bits per heavy atom. The summed E-state index contributed by atoms with van der Waals surface area (Å²) in [6.07, 6.45) is 0. The molecule has 0 saturated heterocycles. The number of hydrogen-bond donors (Lipinski definition) is 2. The Morgan fingerprint density at radius 3 is 2.69 bits per heavy atom. The molecule has 1 rings (SSSR count). The highest BCUT2D eigenvalue weighted by molar-refractivity contribution is 5.96. The molecule has 1 aromatic rings. The van der Waals surface area contributed by atoms with Gasteiger partial charge in [0.25, 0.3) is 5.69 Å². The zero-order chi connectivity index (χ0) is 12.3. The molecule has 0 saturated carbocycles. The van der Waals surface area contributed by atoms with Gasteiger partial charge in [-0.3, -0.25) is 14.9 Å². The van der Waals surface area contributed by atoms with E-state index in [4.69, 9.17) is 5.73 Å². The zero-order valence-corrected chi connectivity index (χ0v) is 9.06. The van der Waals surface area contributed by atoms with Gasteiger partial charge in [-0.05, 0) is 25.5 Å². The van der Waals surface area contributed by atoms with E-state index in [0.717, 1.165) is 5.56 Å². The van der Waals surface area contributed by atoms with Crippen molar-refractivity contribution in [2.45, 2.75) is 19.9 Å². The Morgan fingerprint density at radius 2 is 2.19 bits per heavy atom. The van der Waals surface area contributed by atoms with Crippen LogP contribution in [0.3, 0.4) is 0 Å². The fourth-order valence-corrected chi connectivity index (χ4v) is 1.16. The maximum Gasteiger partial charge on any atom is 0.292 e. The van der Waals surface area contributed by atoms with E-state index in [1.807, 2.05) is 0 Å². The molecule has 0 radical (unpaired) electrons. The van der Waals surface area contributed by atoms with Crippen LogP contribution in [0.1, 0.15) is 12.5 Å². The fraction of sp³-hybridized carbons (Fsp3) is 0.300. The van der Waals surface area contributed by atoms with Crippen LogP contribution in [0.5, 0.6) is 0 Å². The van der Waals surface area contributed by atoms with E-state index < -0.39 is 16.9 Å². The van der Waals surface area contributed by atoms with E-state index in [1.165, 1.54) is 13.0 Å². The molecule has 0 aliphatic rings. The van der Waals surface area contributed by atoms with Gasteiger partial charge < -0.3 is 11.1 Å². The van der Waals surface area contributed by atoms with Crippen molar-refractivity contribution in [3.05, 3.63) is 33.9 Å². The van der Waals surface area contributed by atoms with Crippen LogP contribution in [0.2, 0.25) is 0 Å². The van der Waals surface area contributed by atoms with Crippen molar-refractivity contribution in [2.24, 2.45) is 5.73 Å². The molecule has 0 fully saturated rings. The average Bonchev–Trinajstić information content (AvgIpc) is 2.16. The number of nitrogens with two attached hydrogens (primary N) is 1. The van der Waals surface area contributed by atoms with Gasteiger partial charge in [-0.2, -0.15) is 0 Å². The molecule has 0 aromatic heterocycles. The Labute approximate surface area is 92.6 Å². The molecule has 1 amide bonds. The number of hydrogen-bond acceptors (Lipinski definition) is 4. The van der Waals surface area contributed by atoms with Gasteiger partial charge in [-0.25, -0.2) is 0 Å². The van der Waals surface area contributed by atoms with Gasteiger partial charge in [-0.1, -0.05) is 6.07 Å². The zero-order valence-electron chi connectivity index (χ0n) is 9.06. The molecule has 1 aromatic carbocycles. The minimum atomic E-state index is -0.708. The maximum absolute atomic E-state index is 11.3. The molecule has 6 heteroatoms. The van der Waals surface area contributed by atoms with E-state index >= 15 is 0 Å². The molecule has 16 heavy (non-hydrogen) atoms. The highest BCUT2D eigenvalue weighted by Gasteiger charge is 2.17. The number of amides is 1. The van der Waals surface area contributed by atoms with Crippen LogP contribution in [0.25, 0.3) is 0 Å². The number of carbonyl (C=O) groups excluding carboxylic acids is 1. The van der Waals surface area contributed by atoms with Crippen LogP contribution in [0.4, 0.5) is 11.4 Å². The predicted octanol–water partition coefficient (Wildman–Crippen LogP) is 1.19. The Balaban J connectivity index is 3.06. The highest BCUT2D eigenvalue weighted by Crippen LogP contribution is 2.25. The van der Waals surface area contributed by atoms with E-state index in [9.17, 15) is 14.9 Å². The van der Waals surface area contributed by atoms with E-state index in [0.29, 0.717) is 0 Å². The van der Waals surface area contributed by atoms with Crippen LogP contribution in [0.15, 0.2) is 18.2 Å². The summed E-state index contributed by atoms with van der Waals surface area (Å²) in [5.74, 6) is -0.450. The minimum absolute atomic E-state index is 0.139. The average molecular weight is 223 g/mol. The van der Waals surface area contributed by atoms with Crippen molar-refractivity contribution < 1.29 is 9.72 Å². The molecule has 6 nitrogen and oxygen atoms in total. The van der Waals surface area contributed by atoms with Gasteiger partial charge in [-0.15, -0.1) is 0 Å². The lowest BCUT2D eigenvalue weighted by atomic mass is 10.2. The fourth-order valence-electron chi connectivity index (χ4n) is 1.16. The maximum atomic E-state index is 11.3. The van der Waals surface area contributed by atoms with E-state index in [1.54, 1.807) is 19.1 Å². The molecule has 0 unspecified atom stereocenters. The third kappa shape index (κ3) is 2.77. The number of benzene rings is 1. The summed E-state index contributed by atoms with van der Waals surface area (Å²) in [4.78, 5) is 21.5. The summed E-state index contributed by atoms with van der Waals surface area (Å²) in [5, 5.41) is 13.1. The Kier molecular flexibility index (Phi) is 3.57. The monoisotopic (exact) mass is 223 g/mol. The van der Waals surface area contributed by atoms with Crippen molar-refractivity contribution in [1.82, 2.24) is 0 Å². The third-order valence-electron chi connectivity index (χ3n) is 2.02. The first-order chi connectivity index (χ1) is 7.41. The minimum Gasteiger partial charge on any atom is -0.320 e. The lowest BCUT2D eigenvalue weighted by Crippen LogP contribution is -2.32. The second-order valence-electron chi connectivity index (χ2n) is 3.56. The number of anilines is 1. The summed E-state index contributed by atoms with van der Waals surface area (Å²) >= 11 is 0. The number of rotatable bonds is 3. The van der Waals surface area contributed by atoms with Crippen molar-refractivity contribution in [3.8, 4) is 0 Å². The molecule has 86 valence electrons. The second-order valence-corrected chi connectivity index (χ2v) is 3.56. The number of nitrogens with one attached hydrogen (secondary N) is 1. The van der Waals surface area contributed by atoms with Crippen molar-refractivity contribution in [2.75, 3.05) is 5.32 Å². The van der Waals surface area contributed by atoms with Gasteiger partial charge in [0.1, 0.15) is 5.69 Å². The smallest absolute Gasteiger partial charge is 0.292 e. The number of aryl methyl sites for hydroxylation is 1. The van der Waals surface area contributed by atoms with E-state index in [2.05, 4.69) is 5.32 Å². The Bertz CT molecular complexity index is 429. The van der Waals surface area contributed by atoms with Gasteiger partial charge in [0.15, 0.2) is 0 Å². The molecule has 0 heterocycles. The van der Waals surface area contributed by atoms with Crippen LogP contribution >= 0.6 is 0 Å². The summed E-state index contributed by atoms with van der Waals surface area (Å²) in [6.45, 7) is 3.29. The largest absolute Gasteiger partial charge is 0.320 e. The molecule has 0 aliphatic carbocycles. The van der Waals surface area contributed by atoms with Gasteiger partial charge in [0, 0.05) is 6.07 Å². The number of carbonyl (C=O) groups is 1. The Hall–Kier alpha value is -1.95. The first-order valence-corrected chi connectivity index (χ1v) is 4.73. The standard InChI is InChI=1S/C10H13N3O3/c1-6-3-4-9(13(15)16)8(5-6)12-10(14)7(2)11/h3-5,7H,11H2,1-2H3,(H,12,14)/t7-/m1/s1. The van der Waals surface area contributed by atoms with Gasteiger partial charge in [0.2, 0.25) is 5.91 Å².